The molecule has 3 amide bonds. The van der Waals surface area contributed by atoms with Gasteiger partial charge in [-0.15, -0.1) is 0 Å². The Bertz CT molecular complexity index is 389. The lowest BCUT2D eigenvalue weighted by Gasteiger charge is -2.41. The number of carboxylic acid groups (broad SMARTS) is 1. The minimum atomic E-state index is -1.25. The Morgan fingerprint density at radius 1 is 1.33 bits per heavy atom. The van der Waals surface area contributed by atoms with Crippen LogP contribution in [-0.4, -0.2) is 53.2 Å². The van der Waals surface area contributed by atoms with E-state index < -0.39 is 23.4 Å². The first kappa shape index (κ1) is 14.2. The third-order valence-electron chi connectivity index (χ3n) is 2.50. The number of ether oxygens (including phenoxy) is 1. The molecule has 1 aliphatic rings. The van der Waals surface area contributed by atoms with Gasteiger partial charge in [-0.2, -0.15) is 0 Å². The molecule has 0 bridgehead atoms. The number of hydrogen-bond acceptors (Lipinski definition) is 4. The van der Waals surface area contributed by atoms with Crippen LogP contribution >= 0.6 is 0 Å². The fourth-order valence-corrected chi connectivity index (χ4v) is 1.60. The Kier molecular flexibility index (Phi) is 4.43. The van der Waals surface area contributed by atoms with E-state index in [2.05, 4.69) is 5.32 Å². The van der Waals surface area contributed by atoms with E-state index in [9.17, 15) is 14.4 Å². The minimum Gasteiger partial charge on any atom is -0.478 e. The molecule has 1 rings (SSSR count). The molecule has 0 spiro atoms. The van der Waals surface area contributed by atoms with Crippen molar-refractivity contribution < 1.29 is 24.2 Å². The predicted molar refractivity (Wildman–Crippen MR) is 61.9 cm³/mol. The van der Waals surface area contributed by atoms with Crippen LogP contribution in [0.5, 0.6) is 0 Å². The third-order valence-corrected chi connectivity index (χ3v) is 2.50. The third kappa shape index (κ3) is 3.85. The van der Waals surface area contributed by atoms with Crippen molar-refractivity contribution in [2.45, 2.75) is 19.4 Å². The van der Waals surface area contributed by atoms with Gasteiger partial charge < -0.3 is 14.7 Å². The first-order chi connectivity index (χ1) is 8.33. The van der Waals surface area contributed by atoms with E-state index in [1.165, 1.54) is 4.90 Å². The van der Waals surface area contributed by atoms with Crippen molar-refractivity contribution in [2.75, 3.05) is 19.8 Å². The molecular weight excluding hydrogens is 240 g/mol. The SMILES string of the molecule is CC1(C)COCCN1C(=O)NC(=O)/C=C/C(=O)O. The monoisotopic (exact) mass is 256 g/mol. The summed E-state index contributed by atoms with van der Waals surface area (Å²) in [4.78, 5) is 34.8. The largest absolute Gasteiger partial charge is 0.478 e. The molecule has 7 heteroatoms. The molecule has 0 radical (unpaired) electrons. The van der Waals surface area contributed by atoms with Gasteiger partial charge in [-0.3, -0.25) is 10.1 Å². The zero-order valence-corrected chi connectivity index (χ0v) is 10.3. The summed E-state index contributed by atoms with van der Waals surface area (Å²) in [6, 6.07) is -0.552. The van der Waals surface area contributed by atoms with E-state index in [0.29, 0.717) is 25.8 Å². The second-order valence-electron chi connectivity index (χ2n) is 4.48. The smallest absolute Gasteiger partial charge is 0.328 e. The number of carbonyl (C=O) groups excluding carboxylic acids is 2. The molecule has 0 aromatic carbocycles. The predicted octanol–water partition coefficient (Wildman–Crippen LogP) is -0.0258. The molecule has 7 nitrogen and oxygen atoms in total. The van der Waals surface area contributed by atoms with Crippen molar-refractivity contribution in [1.82, 2.24) is 10.2 Å². The molecule has 1 heterocycles. The Morgan fingerprint density at radius 2 is 2.00 bits per heavy atom. The first-order valence-corrected chi connectivity index (χ1v) is 5.44. The van der Waals surface area contributed by atoms with Crippen molar-refractivity contribution in [3.8, 4) is 0 Å². The maximum atomic E-state index is 11.8. The maximum absolute atomic E-state index is 11.8. The van der Waals surface area contributed by atoms with Crippen molar-refractivity contribution in [3.05, 3.63) is 12.2 Å². The lowest BCUT2D eigenvalue weighted by Crippen LogP contribution is -2.58. The van der Waals surface area contributed by atoms with Gasteiger partial charge in [0.25, 0.3) is 5.91 Å². The first-order valence-electron chi connectivity index (χ1n) is 5.44. The van der Waals surface area contributed by atoms with Crippen LogP contribution in [0.4, 0.5) is 4.79 Å². The van der Waals surface area contributed by atoms with Gasteiger partial charge in [-0.1, -0.05) is 0 Å². The highest BCUT2D eigenvalue weighted by atomic mass is 16.5. The lowest BCUT2D eigenvalue weighted by molar-refractivity contribution is -0.131. The number of nitrogens with one attached hydrogen (secondary N) is 1. The van der Waals surface area contributed by atoms with E-state index in [1.54, 1.807) is 0 Å². The molecule has 18 heavy (non-hydrogen) atoms. The molecule has 1 fully saturated rings. The quantitative estimate of drug-likeness (QED) is 0.676. The van der Waals surface area contributed by atoms with Crippen molar-refractivity contribution >= 4 is 17.9 Å². The fourth-order valence-electron chi connectivity index (χ4n) is 1.60. The van der Waals surface area contributed by atoms with Gasteiger partial charge in [0.15, 0.2) is 0 Å². The molecule has 0 aromatic heterocycles. The van der Waals surface area contributed by atoms with Gasteiger partial charge in [0.2, 0.25) is 0 Å². The molecule has 0 aromatic rings. The van der Waals surface area contributed by atoms with Crippen molar-refractivity contribution in [1.29, 1.82) is 0 Å². The average molecular weight is 256 g/mol. The number of rotatable bonds is 2. The topological polar surface area (TPSA) is 95.9 Å². The van der Waals surface area contributed by atoms with E-state index in [4.69, 9.17) is 9.84 Å². The second kappa shape index (κ2) is 5.63. The van der Waals surface area contributed by atoms with E-state index in [0.717, 1.165) is 6.08 Å². The molecule has 2 N–H and O–H groups in total. The molecule has 1 saturated heterocycles. The number of imide groups is 1. The summed E-state index contributed by atoms with van der Waals surface area (Å²) in [5, 5.41) is 10.5. The molecular formula is C11H16N2O5. The van der Waals surface area contributed by atoms with Crippen LogP contribution in [0.15, 0.2) is 12.2 Å². The zero-order valence-electron chi connectivity index (χ0n) is 10.3. The minimum absolute atomic E-state index is 0.384. The van der Waals surface area contributed by atoms with Crippen LogP contribution < -0.4 is 5.32 Å². The maximum Gasteiger partial charge on any atom is 0.328 e. The summed E-state index contributed by atoms with van der Waals surface area (Å²) in [7, 11) is 0. The van der Waals surface area contributed by atoms with Gasteiger partial charge in [-0.25, -0.2) is 9.59 Å². The number of morpholine rings is 1. The molecule has 100 valence electrons. The Morgan fingerprint density at radius 3 is 2.56 bits per heavy atom. The Balaban J connectivity index is 2.59. The van der Waals surface area contributed by atoms with Crippen molar-refractivity contribution in [3.63, 3.8) is 0 Å². The van der Waals surface area contributed by atoms with Gasteiger partial charge in [0, 0.05) is 18.7 Å². The zero-order chi connectivity index (χ0) is 13.8. The Labute approximate surface area is 104 Å². The van der Waals surface area contributed by atoms with Gasteiger partial charge in [0.1, 0.15) is 0 Å². The number of hydrogen-bond donors (Lipinski definition) is 2. The summed E-state index contributed by atoms with van der Waals surface area (Å²) in [6.07, 6.45) is 1.47. The molecule has 1 aliphatic heterocycles. The summed E-state index contributed by atoms with van der Waals surface area (Å²) in [6.45, 7) is 4.83. The van der Waals surface area contributed by atoms with Gasteiger partial charge >= 0.3 is 12.0 Å². The average Bonchev–Trinajstić information content (AvgIpc) is 2.25. The Hall–Kier alpha value is -1.89. The summed E-state index contributed by atoms with van der Waals surface area (Å²) in [5.41, 5.74) is -0.501. The highest BCUT2D eigenvalue weighted by Crippen LogP contribution is 2.18. The number of urea groups is 1. The van der Waals surface area contributed by atoms with Crippen molar-refractivity contribution in [2.24, 2.45) is 0 Å². The van der Waals surface area contributed by atoms with Crippen LogP contribution in [0.1, 0.15) is 13.8 Å². The normalized spacial score (nSPS) is 18.7. The van der Waals surface area contributed by atoms with Crippen LogP contribution in [0, 0.1) is 0 Å². The van der Waals surface area contributed by atoms with Gasteiger partial charge in [-0.05, 0) is 13.8 Å². The summed E-state index contributed by atoms with van der Waals surface area (Å²) in [5.74, 6) is -2.01. The van der Waals surface area contributed by atoms with E-state index in [-0.39, 0.29) is 0 Å². The number of amides is 3. The molecule has 0 aliphatic carbocycles. The summed E-state index contributed by atoms with van der Waals surface area (Å²) >= 11 is 0. The number of carboxylic acids is 1. The van der Waals surface area contributed by atoms with Gasteiger partial charge in [0.05, 0.1) is 18.8 Å². The standard InChI is InChI=1S/C11H16N2O5/c1-11(2)7-18-6-5-13(11)10(17)12-8(14)3-4-9(15)16/h3-4H,5-7H2,1-2H3,(H,15,16)(H,12,14,17)/b4-3+. The van der Waals surface area contributed by atoms with E-state index >= 15 is 0 Å². The fraction of sp³-hybridized carbons (Fsp3) is 0.545. The number of aliphatic carboxylic acids is 1. The molecule has 0 unspecified atom stereocenters. The second-order valence-corrected chi connectivity index (χ2v) is 4.48. The van der Waals surface area contributed by atoms with Crippen LogP contribution in [0.3, 0.4) is 0 Å². The number of carbonyl (C=O) groups is 3. The van der Waals surface area contributed by atoms with E-state index in [1.807, 2.05) is 13.8 Å². The summed E-state index contributed by atoms with van der Waals surface area (Å²) < 4.78 is 5.25. The van der Waals surface area contributed by atoms with Crippen LogP contribution in [-0.2, 0) is 14.3 Å². The molecule has 0 atom stereocenters. The highest BCUT2D eigenvalue weighted by molar-refractivity contribution is 6.02. The lowest BCUT2D eigenvalue weighted by atomic mass is 10.0. The number of nitrogens with zero attached hydrogens (tertiary/aromatic N) is 1. The van der Waals surface area contributed by atoms with Crippen LogP contribution in [0.25, 0.3) is 0 Å². The van der Waals surface area contributed by atoms with Crippen LogP contribution in [0.2, 0.25) is 0 Å². The molecule has 0 saturated carbocycles. The highest BCUT2D eigenvalue weighted by Gasteiger charge is 2.34.